The predicted molar refractivity (Wildman–Crippen MR) is 119 cm³/mol. The molecule has 1 aliphatic heterocycles. The third-order valence-corrected chi connectivity index (χ3v) is 5.86. The second-order valence-electron chi connectivity index (χ2n) is 8.12. The Bertz CT molecular complexity index is 1200. The Morgan fingerprint density at radius 3 is 2.64 bits per heavy atom. The molecule has 1 saturated heterocycles. The van der Waals surface area contributed by atoms with Gasteiger partial charge < -0.3 is 19.4 Å². The number of nitrogens with one attached hydrogen (secondary N) is 1. The zero-order valence-corrected chi connectivity index (χ0v) is 18.8. The first-order valence-electron chi connectivity index (χ1n) is 10.9. The average molecular weight is 456 g/mol. The van der Waals surface area contributed by atoms with Gasteiger partial charge in [0.1, 0.15) is 17.3 Å². The second kappa shape index (κ2) is 9.27. The van der Waals surface area contributed by atoms with Gasteiger partial charge in [0.2, 0.25) is 5.91 Å². The van der Waals surface area contributed by atoms with Crippen molar-refractivity contribution in [1.82, 2.24) is 19.6 Å². The number of imidazole rings is 1. The lowest BCUT2D eigenvalue weighted by Gasteiger charge is -2.33. The second-order valence-corrected chi connectivity index (χ2v) is 8.12. The van der Waals surface area contributed by atoms with Gasteiger partial charge in [0, 0.05) is 44.7 Å². The van der Waals surface area contributed by atoms with E-state index in [0.29, 0.717) is 43.9 Å². The monoisotopic (exact) mass is 456 g/mol. The number of ether oxygens (including phenoxy) is 1. The average Bonchev–Trinajstić information content (AvgIpc) is 3.14. The number of amides is 2. The summed E-state index contributed by atoms with van der Waals surface area (Å²) in [5.41, 5.74) is 1.83. The number of halogens is 2. The fourth-order valence-corrected chi connectivity index (χ4v) is 4.18. The molecule has 0 unspecified atom stereocenters. The number of morpholine rings is 1. The quantitative estimate of drug-likeness (QED) is 0.640. The van der Waals surface area contributed by atoms with E-state index in [9.17, 15) is 9.59 Å². The minimum atomic E-state index is -0.873. The van der Waals surface area contributed by atoms with Gasteiger partial charge in [-0.3, -0.25) is 9.59 Å². The SMILES string of the molecule is CCC(=O)N1CCO[C@H](Cc2c(-c3c(F)cc(C(=O)NC)cc3F)nc3cc(C)ccn23)C1. The van der Waals surface area contributed by atoms with E-state index in [1.807, 2.05) is 32.2 Å². The Kier molecular flexibility index (Phi) is 6.42. The molecule has 0 spiro atoms. The lowest BCUT2D eigenvalue weighted by molar-refractivity contribution is -0.138. The van der Waals surface area contributed by atoms with Crippen LogP contribution < -0.4 is 5.32 Å². The van der Waals surface area contributed by atoms with E-state index in [0.717, 1.165) is 17.7 Å². The first-order valence-corrected chi connectivity index (χ1v) is 10.9. The summed E-state index contributed by atoms with van der Waals surface area (Å²) in [5, 5.41) is 2.37. The van der Waals surface area contributed by atoms with E-state index in [1.165, 1.54) is 7.05 Å². The molecule has 4 rings (SSSR count). The van der Waals surface area contributed by atoms with Crippen molar-refractivity contribution in [3.05, 3.63) is 58.9 Å². The van der Waals surface area contributed by atoms with Gasteiger partial charge in [-0.25, -0.2) is 13.8 Å². The van der Waals surface area contributed by atoms with Gasteiger partial charge in [-0.15, -0.1) is 0 Å². The van der Waals surface area contributed by atoms with E-state index in [-0.39, 0.29) is 28.8 Å². The van der Waals surface area contributed by atoms with Crippen LogP contribution in [-0.2, 0) is 16.0 Å². The molecule has 2 amide bonds. The van der Waals surface area contributed by atoms with Crippen LogP contribution in [0.4, 0.5) is 8.78 Å². The summed E-state index contributed by atoms with van der Waals surface area (Å²) in [4.78, 5) is 30.3. The fourth-order valence-electron chi connectivity index (χ4n) is 4.18. The number of hydrogen-bond donors (Lipinski definition) is 1. The molecule has 1 atom stereocenters. The highest BCUT2D eigenvalue weighted by molar-refractivity contribution is 5.94. The molecule has 9 heteroatoms. The molecular formula is C24H26F2N4O3. The molecule has 2 aromatic heterocycles. The first-order chi connectivity index (χ1) is 15.8. The maximum atomic E-state index is 15.1. The van der Waals surface area contributed by atoms with Crippen LogP contribution >= 0.6 is 0 Å². The molecule has 1 fully saturated rings. The normalized spacial score (nSPS) is 16.3. The largest absolute Gasteiger partial charge is 0.374 e. The smallest absolute Gasteiger partial charge is 0.251 e. The topological polar surface area (TPSA) is 75.9 Å². The maximum Gasteiger partial charge on any atom is 0.251 e. The summed E-state index contributed by atoms with van der Waals surface area (Å²) in [5.74, 6) is -2.29. The summed E-state index contributed by atoms with van der Waals surface area (Å²) in [6, 6.07) is 5.73. The van der Waals surface area contributed by atoms with Gasteiger partial charge in [-0.05, 0) is 36.8 Å². The van der Waals surface area contributed by atoms with Crippen molar-refractivity contribution in [2.75, 3.05) is 26.7 Å². The molecule has 3 heterocycles. The van der Waals surface area contributed by atoms with Gasteiger partial charge >= 0.3 is 0 Å². The number of nitrogens with zero attached hydrogens (tertiary/aromatic N) is 3. The number of carbonyl (C=O) groups is 2. The summed E-state index contributed by atoms with van der Waals surface area (Å²) >= 11 is 0. The Balaban J connectivity index is 1.79. The lowest BCUT2D eigenvalue weighted by Crippen LogP contribution is -2.46. The highest BCUT2D eigenvalue weighted by Gasteiger charge is 2.28. The molecule has 3 aromatic rings. The number of hydrogen-bond acceptors (Lipinski definition) is 4. The molecule has 1 aromatic carbocycles. The Morgan fingerprint density at radius 2 is 1.97 bits per heavy atom. The number of pyridine rings is 1. The van der Waals surface area contributed by atoms with Crippen LogP contribution in [0.15, 0.2) is 30.5 Å². The number of fused-ring (bicyclic) bond motifs is 1. The van der Waals surface area contributed by atoms with Crippen molar-refractivity contribution in [3.8, 4) is 11.3 Å². The van der Waals surface area contributed by atoms with Crippen LogP contribution in [0.3, 0.4) is 0 Å². The van der Waals surface area contributed by atoms with E-state index in [1.54, 1.807) is 9.30 Å². The highest BCUT2D eigenvalue weighted by Crippen LogP contribution is 2.32. The molecule has 0 radical (unpaired) electrons. The molecule has 7 nitrogen and oxygen atoms in total. The predicted octanol–water partition coefficient (Wildman–Crippen LogP) is 3.13. The van der Waals surface area contributed by atoms with Crippen molar-refractivity contribution in [3.63, 3.8) is 0 Å². The Morgan fingerprint density at radius 1 is 1.24 bits per heavy atom. The Labute approximate surface area is 190 Å². The summed E-state index contributed by atoms with van der Waals surface area (Å²) in [6.07, 6.45) is 2.18. The number of aryl methyl sites for hydroxylation is 1. The lowest BCUT2D eigenvalue weighted by atomic mass is 10.0. The van der Waals surface area contributed by atoms with E-state index in [2.05, 4.69) is 10.3 Å². The van der Waals surface area contributed by atoms with E-state index < -0.39 is 17.5 Å². The molecule has 1 aliphatic rings. The number of aromatic nitrogens is 2. The highest BCUT2D eigenvalue weighted by atomic mass is 19.1. The van der Waals surface area contributed by atoms with Crippen LogP contribution in [0.1, 0.15) is 35.0 Å². The zero-order valence-electron chi connectivity index (χ0n) is 18.8. The fraction of sp³-hybridized carbons (Fsp3) is 0.375. The molecule has 0 bridgehead atoms. The van der Waals surface area contributed by atoms with Crippen LogP contribution in [-0.4, -0.2) is 58.9 Å². The van der Waals surface area contributed by atoms with Gasteiger partial charge in [0.25, 0.3) is 5.91 Å². The third kappa shape index (κ3) is 4.45. The number of benzene rings is 1. The van der Waals surface area contributed by atoms with Crippen molar-refractivity contribution < 1.29 is 23.1 Å². The van der Waals surface area contributed by atoms with Gasteiger partial charge in [0.15, 0.2) is 0 Å². The van der Waals surface area contributed by atoms with Crippen molar-refractivity contribution in [1.29, 1.82) is 0 Å². The van der Waals surface area contributed by atoms with Gasteiger partial charge in [-0.2, -0.15) is 0 Å². The van der Waals surface area contributed by atoms with Crippen molar-refractivity contribution >= 4 is 17.5 Å². The minimum absolute atomic E-state index is 0.0409. The molecule has 1 N–H and O–H groups in total. The Hall–Kier alpha value is -3.33. The van der Waals surface area contributed by atoms with Crippen molar-refractivity contribution in [2.45, 2.75) is 32.8 Å². The molecule has 174 valence electrons. The number of rotatable bonds is 5. The minimum Gasteiger partial charge on any atom is -0.374 e. The van der Waals surface area contributed by atoms with Crippen molar-refractivity contribution in [2.24, 2.45) is 0 Å². The zero-order chi connectivity index (χ0) is 23.7. The molecule has 0 aliphatic carbocycles. The number of carbonyl (C=O) groups excluding carboxylic acids is 2. The van der Waals surface area contributed by atoms with Crippen LogP contribution in [0.25, 0.3) is 16.9 Å². The maximum absolute atomic E-state index is 15.1. The van der Waals surface area contributed by atoms with Gasteiger partial charge in [-0.1, -0.05) is 6.92 Å². The molecular weight excluding hydrogens is 430 g/mol. The van der Waals surface area contributed by atoms with Crippen LogP contribution in [0.5, 0.6) is 0 Å². The summed E-state index contributed by atoms with van der Waals surface area (Å²) < 4.78 is 37.9. The standard InChI is InChI=1S/C24H26F2N4O3/c1-4-21(31)29-7-8-33-16(13-29)12-19-23(28-20-9-14(2)5-6-30(19)20)22-17(25)10-15(11-18(22)26)24(32)27-3/h5-6,9-11,16H,4,7-8,12-13H2,1-3H3,(H,27,32)/t16-/m1/s1. The first kappa shape index (κ1) is 22.8. The summed E-state index contributed by atoms with van der Waals surface area (Å²) in [7, 11) is 1.39. The van der Waals surface area contributed by atoms with Crippen LogP contribution in [0, 0.1) is 18.6 Å². The van der Waals surface area contributed by atoms with Gasteiger partial charge in [0.05, 0.1) is 29.7 Å². The molecule has 33 heavy (non-hydrogen) atoms. The molecule has 0 saturated carbocycles. The third-order valence-electron chi connectivity index (χ3n) is 5.86. The van der Waals surface area contributed by atoms with E-state index >= 15 is 8.78 Å². The van der Waals surface area contributed by atoms with Crippen LogP contribution in [0.2, 0.25) is 0 Å². The van der Waals surface area contributed by atoms with E-state index in [4.69, 9.17) is 4.74 Å². The summed E-state index contributed by atoms with van der Waals surface area (Å²) in [6.45, 7) is 5.03.